The largest absolute Gasteiger partial charge is 0.338 e. The summed E-state index contributed by atoms with van der Waals surface area (Å²) in [6.07, 6.45) is 1.70. The number of likely N-dealkylation sites (N-methyl/N-ethyl adjacent to an activating group) is 1. The van der Waals surface area contributed by atoms with Gasteiger partial charge in [-0.3, -0.25) is 9.59 Å². The standard InChI is InChI=1S/C20H21BrN2O2/c1-3-23(4-2)20(25)18(13-15-9-6-5-7-10-15)22-19(24)16-11-8-12-17(21)14-16/h5-14H,3-4H2,1-2H3,(H,22,24)/b18-13-. The van der Waals surface area contributed by atoms with E-state index in [0.29, 0.717) is 18.7 Å². The van der Waals surface area contributed by atoms with Gasteiger partial charge in [-0.15, -0.1) is 0 Å². The van der Waals surface area contributed by atoms with E-state index in [-0.39, 0.29) is 17.5 Å². The fourth-order valence-electron chi connectivity index (χ4n) is 2.37. The molecule has 0 saturated carbocycles. The van der Waals surface area contributed by atoms with E-state index in [1.54, 1.807) is 29.2 Å². The summed E-state index contributed by atoms with van der Waals surface area (Å²) in [7, 11) is 0. The molecule has 5 heteroatoms. The van der Waals surface area contributed by atoms with Crippen molar-refractivity contribution < 1.29 is 9.59 Å². The first-order valence-electron chi connectivity index (χ1n) is 8.18. The van der Waals surface area contributed by atoms with Crippen molar-refractivity contribution >= 4 is 33.8 Å². The van der Waals surface area contributed by atoms with Crippen molar-refractivity contribution in [2.24, 2.45) is 0 Å². The molecule has 0 aromatic heterocycles. The lowest BCUT2D eigenvalue weighted by atomic mass is 10.1. The zero-order valence-electron chi connectivity index (χ0n) is 14.3. The number of benzene rings is 2. The Kier molecular flexibility index (Phi) is 6.95. The van der Waals surface area contributed by atoms with Crippen LogP contribution < -0.4 is 5.32 Å². The second-order valence-corrected chi connectivity index (χ2v) is 6.33. The number of nitrogens with one attached hydrogen (secondary N) is 1. The van der Waals surface area contributed by atoms with Gasteiger partial charge >= 0.3 is 0 Å². The van der Waals surface area contributed by atoms with E-state index in [9.17, 15) is 9.59 Å². The molecule has 0 bridgehead atoms. The number of rotatable bonds is 6. The van der Waals surface area contributed by atoms with Crippen LogP contribution in [0.1, 0.15) is 29.8 Å². The van der Waals surface area contributed by atoms with Gasteiger partial charge in [-0.05, 0) is 43.7 Å². The summed E-state index contributed by atoms with van der Waals surface area (Å²) in [6.45, 7) is 4.98. The van der Waals surface area contributed by atoms with E-state index < -0.39 is 0 Å². The Balaban J connectivity index is 2.33. The SMILES string of the molecule is CCN(CC)C(=O)/C(=C/c1ccccc1)NC(=O)c1cccc(Br)c1. The Hall–Kier alpha value is -2.40. The van der Waals surface area contributed by atoms with Gasteiger partial charge in [-0.25, -0.2) is 0 Å². The van der Waals surface area contributed by atoms with Crippen LogP contribution >= 0.6 is 15.9 Å². The van der Waals surface area contributed by atoms with Crippen LogP contribution in [0.5, 0.6) is 0 Å². The Morgan fingerprint density at radius 2 is 1.72 bits per heavy atom. The topological polar surface area (TPSA) is 49.4 Å². The molecule has 4 nitrogen and oxygen atoms in total. The maximum absolute atomic E-state index is 12.8. The Morgan fingerprint density at radius 3 is 2.32 bits per heavy atom. The molecular weight excluding hydrogens is 380 g/mol. The van der Waals surface area contributed by atoms with Gasteiger partial charge in [-0.1, -0.05) is 52.3 Å². The number of hydrogen-bond donors (Lipinski definition) is 1. The lowest BCUT2D eigenvalue weighted by molar-refractivity contribution is -0.127. The van der Waals surface area contributed by atoms with Crippen molar-refractivity contribution in [2.45, 2.75) is 13.8 Å². The number of carbonyl (C=O) groups is 2. The van der Waals surface area contributed by atoms with Gasteiger partial charge in [-0.2, -0.15) is 0 Å². The normalized spacial score (nSPS) is 11.1. The van der Waals surface area contributed by atoms with Gasteiger partial charge in [0.2, 0.25) is 0 Å². The summed E-state index contributed by atoms with van der Waals surface area (Å²) in [4.78, 5) is 27.0. The van der Waals surface area contributed by atoms with Crippen LogP contribution in [0.3, 0.4) is 0 Å². The van der Waals surface area contributed by atoms with Gasteiger partial charge in [0, 0.05) is 23.1 Å². The van der Waals surface area contributed by atoms with Crippen molar-refractivity contribution in [3.63, 3.8) is 0 Å². The minimum absolute atomic E-state index is 0.197. The molecule has 2 amide bonds. The molecule has 130 valence electrons. The summed E-state index contributed by atoms with van der Waals surface area (Å²) in [5.74, 6) is -0.513. The Morgan fingerprint density at radius 1 is 1.04 bits per heavy atom. The minimum atomic E-state index is -0.316. The van der Waals surface area contributed by atoms with Crippen LogP contribution in [0.25, 0.3) is 6.08 Å². The minimum Gasteiger partial charge on any atom is -0.338 e. The molecule has 0 aliphatic carbocycles. The summed E-state index contributed by atoms with van der Waals surface area (Å²) in [5, 5.41) is 2.77. The highest BCUT2D eigenvalue weighted by Crippen LogP contribution is 2.13. The van der Waals surface area contributed by atoms with Crippen molar-refractivity contribution in [1.29, 1.82) is 0 Å². The Bertz CT molecular complexity index is 768. The first-order valence-corrected chi connectivity index (χ1v) is 8.97. The van der Waals surface area contributed by atoms with Crippen LogP contribution in [-0.4, -0.2) is 29.8 Å². The molecule has 2 aromatic carbocycles. The maximum Gasteiger partial charge on any atom is 0.270 e. The average molecular weight is 401 g/mol. The monoisotopic (exact) mass is 400 g/mol. The highest BCUT2D eigenvalue weighted by Gasteiger charge is 2.19. The number of carbonyl (C=O) groups excluding carboxylic acids is 2. The maximum atomic E-state index is 12.8. The van der Waals surface area contributed by atoms with Gasteiger partial charge in [0.1, 0.15) is 5.70 Å². The van der Waals surface area contributed by atoms with Crippen molar-refractivity contribution in [3.05, 3.63) is 75.9 Å². The molecule has 0 radical (unpaired) electrons. The molecule has 0 spiro atoms. The van der Waals surface area contributed by atoms with Gasteiger partial charge in [0.25, 0.3) is 11.8 Å². The predicted octanol–water partition coefficient (Wildman–Crippen LogP) is 4.09. The van der Waals surface area contributed by atoms with Crippen LogP contribution in [0.4, 0.5) is 0 Å². The molecule has 0 heterocycles. The van der Waals surface area contributed by atoms with Crippen LogP contribution in [0.15, 0.2) is 64.8 Å². The third kappa shape index (κ3) is 5.29. The van der Waals surface area contributed by atoms with Gasteiger partial charge in [0.15, 0.2) is 0 Å². The van der Waals surface area contributed by atoms with Crippen molar-refractivity contribution in [2.75, 3.05) is 13.1 Å². The molecule has 2 rings (SSSR count). The van der Waals surface area contributed by atoms with E-state index in [1.807, 2.05) is 50.2 Å². The lowest BCUT2D eigenvalue weighted by Crippen LogP contribution is -2.38. The smallest absolute Gasteiger partial charge is 0.270 e. The highest BCUT2D eigenvalue weighted by atomic mass is 79.9. The number of nitrogens with zero attached hydrogens (tertiary/aromatic N) is 1. The average Bonchev–Trinajstić information content (AvgIpc) is 2.63. The summed E-state index contributed by atoms with van der Waals surface area (Å²) >= 11 is 3.36. The van der Waals surface area contributed by atoms with Crippen molar-refractivity contribution in [1.82, 2.24) is 10.2 Å². The number of halogens is 1. The molecule has 0 atom stereocenters. The van der Waals surface area contributed by atoms with E-state index >= 15 is 0 Å². The van der Waals surface area contributed by atoms with Crippen LogP contribution in [-0.2, 0) is 4.79 Å². The summed E-state index contributed by atoms with van der Waals surface area (Å²) < 4.78 is 0.809. The quantitative estimate of drug-likeness (QED) is 0.742. The first kappa shape index (κ1) is 18.9. The van der Waals surface area contributed by atoms with E-state index in [2.05, 4.69) is 21.2 Å². The zero-order chi connectivity index (χ0) is 18.2. The second kappa shape index (κ2) is 9.18. The van der Waals surface area contributed by atoms with Gasteiger partial charge < -0.3 is 10.2 Å². The van der Waals surface area contributed by atoms with E-state index in [4.69, 9.17) is 0 Å². The first-order chi connectivity index (χ1) is 12.0. The second-order valence-electron chi connectivity index (χ2n) is 5.41. The molecule has 0 fully saturated rings. The number of hydrogen-bond acceptors (Lipinski definition) is 2. The zero-order valence-corrected chi connectivity index (χ0v) is 15.9. The molecule has 0 unspecified atom stereocenters. The molecular formula is C20H21BrN2O2. The van der Waals surface area contributed by atoms with E-state index in [1.165, 1.54) is 0 Å². The summed E-state index contributed by atoms with van der Waals surface area (Å²) in [5.41, 5.74) is 1.60. The third-order valence-electron chi connectivity index (χ3n) is 3.73. The third-order valence-corrected chi connectivity index (χ3v) is 4.22. The fourth-order valence-corrected chi connectivity index (χ4v) is 2.77. The van der Waals surface area contributed by atoms with Crippen LogP contribution in [0.2, 0.25) is 0 Å². The molecule has 0 saturated heterocycles. The molecule has 25 heavy (non-hydrogen) atoms. The van der Waals surface area contributed by atoms with E-state index in [0.717, 1.165) is 10.0 Å². The molecule has 0 aliphatic rings. The van der Waals surface area contributed by atoms with Crippen LogP contribution in [0, 0.1) is 0 Å². The van der Waals surface area contributed by atoms with Gasteiger partial charge in [0.05, 0.1) is 0 Å². The Labute approximate surface area is 156 Å². The summed E-state index contributed by atoms with van der Waals surface area (Å²) in [6, 6.07) is 16.5. The fraction of sp³-hybridized carbons (Fsp3) is 0.200. The highest BCUT2D eigenvalue weighted by molar-refractivity contribution is 9.10. The molecule has 1 N–H and O–H groups in total. The lowest BCUT2D eigenvalue weighted by Gasteiger charge is -2.21. The predicted molar refractivity (Wildman–Crippen MR) is 104 cm³/mol. The molecule has 2 aromatic rings. The molecule has 0 aliphatic heterocycles. The number of amides is 2. The van der Waals surface area contributed by atoms with Crippen molar-refractivity contribution in [3.8, 4) is 0 Å².